The lowest BCUT2D eigenvalue weighted by molar-refractivity contribution is 0.239. The molecule has 1 aliphatic carbocycles. The van der Waals surface area contributed by atoms with Gasteiger partial charge in [-0.2, -0.15) is 4.31 Å². The van der Waals surface area contributed by atoms with Crippen molar-refractivity contribution in [1.29, 1.82) is 0 Å². The predicted molar refractivity (Wildman–Crippen MR) is 84.4 cm³/mol. The van der Waals surface area contributed by atoms with Gasteiger partial charge >= 0.3 is 0 Å². The van der Waals surface area contributed by atoms with Crippen LogP contribution in [0.3, 0.4) is 0 Å². The van der Waals surface area contributed by atoms with Crippen molar-refractivity contribution < 1.29 is 8.42 Å². The Labute approximate surface area is 128 Å². The first-order valence-electron chi connectivity index (χ1n) is 7.77. The Hall–Kier alpha value is -0.850. The van der Waals surface area contributed by atoms with Crippen molar-refractivity contribution in [2.75, 3.05) is 7.05 Å². The van der Waals surface area contributed by atoms with Gasteiger partial charge in [0.15, 0.2) is 0 Å². The number of aryl methyl sites for hydroxylation is 1. The first-order valence-corrected chi connectivity index (χ1v) is 9.21. The Morgan fingerprint density at radius 2 is 2.14 bits per heavy atom. The smallest absolute Gasteiger partial charge is 0.244 e. The monoisotopic (exact) mass is 313 g/mol. The normalized spacial score (nSPS) is 23.7. The standard InChI is InChI=1S/C15H27N3O2S/c1-4-18-11-15(9-14(18)10-16)21(19,20)17(3)13-7-5-6-12(2)8-13/h9,11-13H,4-8,10,16H2,1-3H3. The Bertz CT molecular complexity index is 558. The molecule has 2 N–H and O–H groups in total. The second-order valence-corrected chi connectivity index (χ2v) is 8.10. The quantitative estimate of drug-likeness (QED) is 0.906. The molecule has 1 aromatic rings. The largest absolute Gasteiger partial charge is 0.349 e. The van der Waals surface area contributed by atoms with E-state index in [1.165, 1.54) is 6.42 Å². The highest BCUT2D eigenvalue weighted by Crippen LogP contribution is 2.30. The number of nitrogens with zero attached hydrogens (tertiary/aromatic N) is 2. The van der Waals surface area contributed by atoms with E-state index in [0.29, 0.717) is 17.4 Å². The lowest BCUT2D eigenvalue weighted by Gasteiger charge is -2.33. The van der Waals surface area contributed by atoms with Gasteiger partial charge in [-0.15, -0.1) is 0 Å². The van der Waals surface area contributed by atoms with Gasteiger partial charge in [-0.3, -0.25) is 0 Å². The van der Waals surface area contributed by atoms with Crippen LogP contribution < -0.4 is 5.73 Å². The lowest BCUT2D eigenvalue weighted by Crippen LogP contribution is -2.39. The van der Waals surface area contributed by atoms with Crippen LogP contribution in [0, 0.1) is 5.92 Å². The first-order chi connectivity index (χ1) is 9.90. The molecule has 2 unspecified atom stereocenters. The van der Waals surface area contributed by atoms with Gasteiger partial charge in [0.05, 0.1) is 0 Å². The summed E-state index contributed by atoms with van der Waals surface area (Å²) in [5.41, 5.74) is 6.55. The molecule has 2 atom stereocenters. The van der Waals surface area contributed by atoms with E-state index in [1.54, 1.807) is 23.6 Å². The first kappa shape index (κ1) is 16.5. The summed E-state index contributed by atoms with van der Waals surface area (Å²) in [6, 6.07) is 1.83. The van der Waals surface area contributed by atoms with Gasteiger partial charge in [-0.1, -0.05) is 19.8 Å². The molecule has 1 heterocycles. The van der Waals surface area contributed by atoms with E-state index < -0.39 is 10.0 Å². The summed E-state index contributed by atoms with van der Waals surface area (Å²) in [6.07, 6.45) is 5.93. The Kier molecular flexibility index (Phi) is 5.11. The van der Waals surface area contributed by atoms with Gasteiger partial charge in [0.2, 0.25) is 10.0 Å². The molecular formula is C15H27N3O2S. The van der Waals surface area contributed by atoms with Crippen molar-refractivity contribution in [3.05, 3.63) is 18.0 Å². The third-order valence-electron chi connectivity index (χ3n) is 4.61. The summed E-state index contributed by atoms with van der Waals surface area (Å²) in [6.45, 7) is 5.27. The van der Waals surface area contributed by atoms with Gasteiger partial charge in [0.1, 0.15) is 4.90 Å². The molecule has 21 heavy (non-hydrogen) atoms. The molecule has 0 saturated heterocycles. The number of aromatic nitrogens is 1. The molecule has 1 aliphatic rings. The molecule has 1 saturated carbocycles. The van der Waals surface area contributed by atoms with Gasteiger partial charge in [0, 0.05) is 38.1 Å². The molecule has 6 heteroatoms. The summed E-state index contributed by atoms with van der Waals surface area (Å²) in [4.78, 5) is 0.366. The average molecular weight is 313 g/mol. The number of hydrogen-bond acceptors (Lipinski definition) is 3. The van der Waals surface area contributed by atoms with Gasteiger partial charge in [-0.25, -0.2) is 8.42 Å². The van der Waals surface area contributed by atoms with Crippen LogP contribution in [-0.4, -0.2) is 30.4 Å². The molecule has 0 spiro atoms. The maximum Gasteiger partial charge on any atom is 0.244 e. The molecule has 0 radical (unpaired) electrons. The molecule has 0 bridgehead atoms. The summed E-state index contributed by atoms with van der Waals surface area (Å²) in [5, 5.41) is 0. The Balaban J connectivity index is 2.26. The minimum atomic E-state index is -3.43. The third kappa shape index (κ3) is 3.33. The number of sulfonamides is 1. The van der Waals surface area contributed by atoms with Crippen molar-refractivity contribution >= 4 is 10.0 Å². The third-order valence-corrected chi connectivity index (χ3v) is 6.49. The van der Waals surface area contributed by atoms with E-state index in [9.17, 15) is 8.42 Å². The number of hydrogen-bond donors (Lipinski definition) is 1. The van der Waals surface area contributed by atoms with E-state index in [4.69, 9.17) is 5.73 Å². The molecule has 1 aromatic heterocycles. The van der Waals surface area contributed by atoms with Crippen LogP contribution in [0.15, 0.2) is 17.2 Å². The molecule has 2 rings (SSSR count). The maximum atomic E-state index is 12.8. The van der Waals surface area contributed by atoms with E-state index in [0.717, 1.165) is 31.5 Å². The van der Waals surface area contributed by atoms with Crippen molar-refractivity contribution in [2.45, 2.75) is 63.6 Å². The maximum absolute atomic E-state index is 12.8. The van der Waals surface area contributed by atoms with Crippen LogP contribution in [0.25, 0.3) is 0 Å². The molecule has 120 valence electrons. The van der Waals surface area contributed by atoms with Crippen LogP contribution in [0.4, 0.5) is 0 Å². The Morgan fingerprint density at radius 1 is 1.43 bits per heavy atom. The van der Waals surface area contributed by atoms with Gasteiger partial charge in [-0.05, 0) is 31.7 Å². The molecule has 1 fully saturated rings. The fourth-order valence-corrected chi connectivity index (χ4v) is 4.69. The number of nitrogens with two attached hydrogens (primary N) is 1. The zero-order chi connectivity index (χ0) is 15.6. The molecule has 0 aliphatic heterocycles. The van der Waals surface area contributed by atoms with E-state index >= 15 is 0 Å². The summed E-state index contributed by atoms with van der Waals surface area (Å²) >= 11 is 0. The Morgan fingerprint density at radius 3 is 2.67 bits per heavy atom. The molecular weight excluding hydrogens is 286 g/mol. The summed E-state index contributed by atoms with van der Waals surface area (Å²) in [5.74, 6) is 0.598. The van der Waals surface area contributed by atoms with E-state index in [1.807, 2.05) is 11.5 Å². The van der Waals surface area contributed by atoms with Crippen LogP contribution in [0.1, 0.15) is 45.2 Å². The zero-order valence-electron chi connectivity index (χ0n) is 13.2. The predicted octanol–water partition coefficient (Wildman–Crippen LogP) is 2.17. The zero-order valence-corrected chi connectivity index (χ0v) is 14.1. The van der Waals surface area contributed by atoms with Gasteiger partial charge < -0.3 is 10.3 Å². The highest BCUT2D eigenvalue weighted by Gasteiger charge is 2.31. The second kappa shape index (κ2) is 6.50. The highest BCUT2D eigenvalue weighted by atomic mass is 32.2. The van der Waals surface area contributed by atoms with Crippen LogP contribution in [-0.2, 0) is 23.1 Å². The molecule has 5 nitrogen and oxygen atoms in total. The van der Waals surface area contributed by atoms with E-state index in [-0.39, 0.29) is 6.04 Å². The average Bonchev–Trinajstić information content (AvgIpc) is 2.90. The fraction of sp³-hybridized carbons (Fsp3) is 0.733. The van der Waals surface area contributed by atoms with Crippen molar-refractivity contribution in [3.63, 3.8) is 0 Å². The highest BCUT2D eigenvalue weighted by molar-refractivity contribution is 7.89. The summed E-state index contributed by atoms with van der Waals surface area (Å²) < 4.78 is 29.1. The summed E-state index contributed by atoms with van der Waals surface area (Å²) in [7, 11) is -1.72. The second-order valence-electron chi connectivity index (χ2n) is 6.10. The minimum absolute atomic E-state index is 0.116. The van der Waals surface area contributed by atoms with E-state index in [2.05, 4.69) is 6.92 Å². The minimum Gasteiger partial charge on any atom is -0.349 e. The topological polar surface area (TPSA) is 68.3 Å². The van der Waals surface area contributed by atoms with Crippen molar-refractivity contribution in [2.24, 2.45) is 11.7 Å². The molecule has 0 amide bonds. The van der Waals surface area contributed by atoms with Crippen LogP contribution >= 0.6 is 0 Å². The molecule has 0 aromatic carbocycles. The fourth-order valence-electron chi connectivity index (χ4n) is 3.23. The lowest BCUT2D eigenvalue weighted by atomic mass is 9.87. The van der Waals surface area contributed by atoms with Crippen LogP contribution in [0.2, 0.25) is 0 Å². The van der Waals surface area contributed by atoms with Gasteiger partial charge in [0.25, 0.3) is 0 Å². The van der Waals surface area contributed by atoms with Crippen molar-refractivity contribution in [3.8, 4) is 0 Å². The number of rotatable bonds is 5. The van der Waals surface area contributed by atoms with Crippen LogP contribution in [0.5, 0.6) is 0 Å². The SMILES string of the molecule is CCn1cc(S(=O)(=O)N(C)C2CCCC(C)C2)cc1CN. The van der Waals surface area contributed by atoms with Crippen molar-refractivity contribution in [1.82, 2.24) is 8.87 Å².